The third-order valence-electron chi connectivity index (χ3n) is 4.79. The van der Waals surface area contributed by atoms with Crippen LogP contribution in [0.15, 0.2) is 66.7 Å². The van der Waals surface area contributed by atoms with Crippen LogP contribution in [0.25, 0.3) is 0 Å². The van der Waals surface area contributed by atoms with Crippen molar-refractivity contribution in [2.45, 2.75) is 33.7 Å². The number of amides is 1. The monoisotopic (exact) mass is 358 g/mol. The van der Waals surface area contributed by atoms with Gasteiger partial charge >= 0.3 is 0 Å². The second-order valence-electron chi connectivity index (χ2n) is 6.79. The summed E-state index contributed by atoms with van der Waals surface area (Å²) in [7, 11) is 0. The fraction of sp³-hybridized carbons (Fsp3) is 0.208. The highest BCUT2D eigenvalue weighted by molar-refractivity contribution is 6.05. The summed E-state index contributed by atoms with van der Waals surface area (Å²) in [6, 6.07) is 22.1. The van der Waals surface area contributed by atoms with Gasteiger partial charge in [0.1, 0.15) is 0 Å². The van der Waals surface area contributed by atoms with Crippen LogP contribution in [-0.2, 0) is 13.0 Å². The normalized spacial score (nSPS) is 10.5. The lowest BCUT2D eigenvalue weighted by molar-refractivity contribution is 0.102. The molecule has 0 saturated heterocycles. The molecule has 0 saturated carbocycles. The van der Waals surface area contributed by atoms with E-state index in [0.717, 1.165) is 34.5 Å². The van der Waals surface area contributed by atoms with E-state index in [1.165, 1.54) is 5.56 Å². The van der Waals surface area contributed by atoms with Crippen LogP contribution in [0.3, 0.4) is 0 Å². The molecule has 0 atom stereocenters. The predicted molar refractivity (Wildman–Crippen MR) is 113 cm³/mol. The molecule has 0 radical (unpaired) electrons. The summed E-state index contributed by atoms with van der Waals surface area (Å²) in [6.07, 6.45) is 0.987. The summed E-state index contributed by atoms with van der Waals surface area (Å²) in [5, 5.41) is 6.54. The van der Waals surface area contributed by atoms with Crippen molar-refractivity contribution >= 4 is 17.3 Å². The van der Waals surface area contributed by atoms with Gasteiger partial charge in [-0.3, -0.25) is 4.79 Å². The molecule has 27 heavy (non-hydrogen) atoms. The Kier molecular flexibility index (Phi) is 5.92. The van der Waals surface area contributed by atoms with Crippen molar-refractivity contribution in [2.75, 3.05) is 10.6 Å². The average molecular weight is 358 g/mol. The Morgan fingerprint density at radius 3 is 2.33 bits per heavy atom. The van der Waals surface area contributed by atoms with E-state index in [1.54, 1.807) is 0 Å². The van der Waals surface area contributed by atoms with Crippen LogP contribution >= 0.6 is 0 Å². The maximum absolute atomic E-state index is 12.7. The van der Waals surface area contributed by atoms with Gasteiger partial charge in [0, 0.05) is 23.5 Å². The highest BCUT2D eigenvalue weighted by atomic mass is 16.1. The second-order valence-corrected chi connectivity index (χ2v) is 6.79. The number of hydrogen-bond acceptors (Lipinski definition) is 2. The first-order chi connectivity index (χ1) is 13.1. The third kappa shape index (κ3) is 4.56. The maximum atomic E-state index is 12.7. The van der Waals surface area contributed by atoms with Gasteiger partial charge < -0.3 is 10.6 Å². The molecular formula is C24H26N2O. The molecule has 3 heteroatoms. The molecule has 0 aliphatic rings. The molecule has 138 valence electrons. The van der Waals surface area contributed by atoms with Crippen LogP contribution in [-0.4, -0.2) is 5.91 Å². The van der Waals surface area contributed by atoms with E-state index in [-0.39, 0.29) is 5.91 Å². The molecule has 0 aliphatic carbocycles. The Bertz CT molecular complexity index is 926. The minimum absolute atomic E-state index is 0.0804. The number of carbonyl (C=O) groups excluding carboxylic acids is 1. The molecule has 0 heterocycles. The Morgan fingerprint density at radius 1 is 0.889 bits per heavy atom. The van der Waals surface area contributed by atoms with E-state index in [1.807, 2.05) is 62.4 Å². The summed E-state index contributed by atoms with van der Waals surface area (Å²) in [6.45, 7) is 6.85. The summed E-state index contributed by atoms with van der Waals surface area (Å²) in [5.41, 5.74) is 7.21. The van der Waals surface area contributed by atoms with Gasteiger partial charge in [0.2, 0.25) is 0 Å². The molecule has 3 nitrogen and oxygen atoms in total. The Balaban J connectivity index is 1.72. The fourth-order valence-corrected chi connectivity index (χ4v) is 3.22. The summed E-state index contributed by atoms with van der Waals surface area (Å²) >= 11 is 0. The minimum Gasteiger partial charge on any atom is -0.381 e. The quantitative estimate of drug-likeness (QED) is 0.591. The molecule has 1 amide bonds. The number of benzene rings is 3. The minimum atomic E-state index is -0.0804. The first-order valence-electron chi connectivity index (χ1n) is 9.36. The van der Waals surface area contributed by atoms with Gasteiger partial charge in [0.05, 0.1) is 0 Å². The van der Waals surface area contributed by atoms with Crippen LogP contribution in [0.4, 0.5) is 11.4 Å². The maximum Gasteiger partial charge on any atom is 0.255 e. The molecule has 0 unspecified atom stereocenters. The molecule has 0 aromatic heterocycles. The van der Waals surface area contributed by atoms with Gasteiger partial charge in [-0.2, -0.15) is 0 Å². The fourth-order valence-electron chi connectivity index (χ4n) is 3.22. The third-order valence-corrected chi connectivity index (χ3v) is 4.79. The Hall–Kier alpha value is -3.07. The van der Waals surface area contributed by atoms with Crippen molar-refractivity contribution in [3.05, 3.63) is 94.5 Å². The molecular weight excluding hydrogens is 332 g/mol. The first kappa shape index (κ1) is 18.7. The number of nitrogens with one attached hydrogen (secondary N) is 2. The zero-order valence-corrected chi connectivity index (χ0v) is 16.2. The van der Waals surface area contributed by atoms with Gasteiger partial charge in [0.15, 0.2) is 0 Å². The standard InChI is InChI=1S/C24H26N2O/c1-4-20-12-5-6-14-22(20)25-16-19-11-8-13-21(15-19)24(27)26-23-17(2)9-7-10-18(23)3/h5-15,25H,4,16H2,1-3H3,(H,26,27). The molecule has 0 bridgehead atoms. The van der Waals surface area contributed by atoms with Gasteiger partial charge in [-0.25, -0.2) is 0 Å². The molecule has 3 aromatic rings. The lowest BCUT2D eigenvalue weighted by Crippen LogP contribution is -2.14. The van der Waals surface area contributed by atoms with Crippen LogP contribution in [0.1, 0.15) is 39.5 Å². The van der Waals surface area contributed by atoms with Gasteiger partial charge in [-0.1, -0.05) is 55.5 Å². The number of para-hydroxylation sites is 2. The van der Waals surface area contributed by atoms with Crippen LogP contribution in [0, 0.1) is 13.8 Å². The topological polar surface area (TPSA) is 41.1 Å². The highest BCUT2D eigenvalue weighted by Crippen LogP contribution is 2.21. The molecule has 3 rings (SSSR count). The van der Waals surface area contributed by atoms with E-state index in [0.29, 0.717) is 12.1 Å². The largest absolute Gasteiger partial charge is 0.381 e. The van der Waals surface area contributed by atoms with Crippen molar-refractivity contribution in [1.82, 2.24) is 0 Å². The second kappa shape index (κ2) is 8.54. The van der Waals surface area contributed by atoms with E-state index < -0.39 is 0 Å². The van der Waals surface area contributed by atoms with E-state index >= 15 is 0 Å². The predicted octanol–water partition coefficient (Wildman–Crippen LogP) is 5.73. The van der Waals surface area contributed by atoms with Crippen LogP contribution in [0.5, 0.6) is 0 Å². The smallest absolute Gasteiger partial charge is 0.255 e. The van der Waals surface area contributed by atoms with Crippen LogP contribution in [0.2, 0.25) is 0 Å². The highest BCUT2D eigenvalue weighted by Gasteiger charge is 2.10. The van der Waals surface area contributed by atoms with Crippen molar-refractivity contribution in [1.29, 1.82) is 0 Å². The molecule has 0 spiro atoms. The molecule has 0 aliphatic heterocycles. The summed E-state index contributed by atoms with van der Waals surface area (Å²) < 4.78 is 0. The van der Waals surface area contributed by atoms with Gasteiger partial charge in [0.25, 0.3) is 5.91 Å². The molecule has 2 N–H and O–H groups in total. The van der Waals surface area contributed by atoms with E-state index in [4.69, 9.17) is 0 Å². The molecule has 0 fully saturated rings. The Labute approximate surface area is 161 Å². The SMILES string of the molecule is CCc1ccccc1NCc1cccc(C(=O)Nc2c(C)cccc2C)c1. The summed E-state index contributed by atoms with van der Waals surface area (Å²) in [5.74, 6) is -0.0804. The molecule has 3 aromatic carbocycles. The van der Waals surface area contributed by atoms with Crippen molar-refractivity contribution in [3.8, 4) is 0 Å². The summed E-state index contributed by atoms with van der Waals surface area (Å²) in [4.78, 5) is 12.7. The van der Waals surface area contributed by atoms with E-state index in [2.05, 4.69) is 35.8 Å². The number of hydrogen-bond donors (Lipinski definition) is 2. The van der Waals surface area contributed by atoms with Crippen molar-refractivity contribution in [2.24, 2.45) is 0 Å². The van der Waals surface area contributed by atoms with Gasteiger partial charge in [-0.15, -0.1) is 0 Å². The number of aryl methyl sites for hydroxylation is 3. The Morgan fingerprint density at radius 2 is 1.59 bits per heavy atom. The van der Waals surface area contributed by atoms with Gasteiger partial charge in [-0.05, 0) is 60.7 Å². The lowest BCUT2D eigenvalue weighted by Gasteiger charge is -2.13. The van der Waals surface area contributed by atoms with Crippen molar-refractivity contribution < 1.29 is 4.79 Å². The first-order valence-corrected chi connectivity index (χ1v) is 9.36. The number of anilines is 2. The van der Waals surface area contributed by atoms with E-state index in [9.17, 15) is 4.79 Å². The zero-order chi connectivity index (χ0) is 19.2. The van der Waals surface area contributed by atoms with Crippen molar-refractivity contribution in [3.63, 3.8) is 0 Å². The number of carbonyl (C=O) groups is 1. The van der Waals surface area contributed by atoms with Crippen LogP contribution < -0.4 is 10.6 Å². The average Bonchev–Trinajstić information content (AvgIpc) is 2.69. The zero-order valence-electron chi connectivity index (χ0n) is 16.2. The number of rotatable bonds is 6. The lowest BCUT2D eigenvalue weighted by atomic mass is 10.1.